The van der Waals surface area contributed by atoms with Crippen molar-refractivity contribution in [1.29, 1.82) is 0 Å². The van der Waals surface area contributed by atoms with Gasteiger partial charge in [0.2, 0.25) is 5.91 Å². The first kappa shape index (κ1) is 13.6. The zero-order valence-corrected chi connectivity index (χ0v) is 10.6. The van der Waals surface area contributed by atoms with Crippen molar-refractivity contribution < 1.29 is 4.79 Å². The molecule has 0 radical (unpaired) electrons. The van der Waals surface area contributed by atoms with E-state index in [0.717, 1.165) is 11.3 Å². The maximum atomic E-state index is 11.1. The summed E-state index contributed by atoms with van der Waals surface area (Å²) >= 11 is 1.39. The minimum Gasteiger partial charge on any atom is -0.322 e. The number of aromatic nitrogens is 1. The molecule has 2 aromatic rings. The smallest absolute Gasteiger partial charge is 0.239 e. The van der Waals surface area contributed by atoms with E-state index in [1.165, 1.54) is 11.3 Å². The van der Waals surface area contributed by atoms with Crippen LogP contribution in [0.3, 0.4) is 0 Å². The van der Waals surface area contributed by atoms with Crippen molar-refractivity contribution >= 4 is 34.8 Å². The number of nitrogens with one attached hydrogen (secondary N) is 1. The first-order chi connectivity index (χ1) is 7.79. The van der Waals surface area contributed by atoms with Crippen LogP contribution in [-0.4, -0.2) is 17.4 Å². The van der Waals surface area contributed by atoms with Gasteiger partial charge in [-0.15, -0.1) is 23.7 Å². The van der Waals surface area contributed by atoms with Gasteiger partial charge >= 0.3 is 0 Å². The van der Waals surface area contributed by atoms with E-state index in [4.69, 9.17) is 5.73 Å². The van der Waals surface area contributed by atoms with Gasteiger partial charge in [0.05, 0.1) is 12.2 Å². The molecule has 1 aromatic heterocycles. The third kappa shape index (κ3) is 3.52. The number of hydrogen-bond acceptors (Lipinski definition) is 4. The lowest BCUT2D eigenvalue weighted by Gasteiger charge is -1.97. The Morgan fingerprint density at radius 3 is 2.71 bits per heavy atom. The number of amides is 1. The molecule has 3 N–H and O–H groups in total. The minimum absolute atomic E-state index is 0. The number of carbonyl (C=O) groups excluding carboxylic acids is 1. The molecule has 0 aliphatic rings. The standard InChI is InChI=1S/C11H11N3OS.ClH/c12-6-10(15)14-11-13-9(7-16-11)8-4-2-1-3-5-8;/h1-5,7H,6,12H2,(H,13,14,15);1H. The Bertz CT molecular complexity index is 486. The molecule has 6 heteroatoms. The Balaban J connectivity index is 0.00000144. The second-order valence-corrected chi connectivity index (χ2v) is 4.01. The van der Waals surface area contributed by atoms with Gasteiger partial charge < -0.3 is 11.1 Å². The SMILES string of the molecule is Cl.NCC(=O)Nc1nc(-c2ccccc2)cs1. The second-order valence-electron chi connectivity index (χ2n) is 3.16. The molecule has 1 aromatic carbocycles. The second kappa shape index (κ2) is 6.34. The molecule has 4 nitrogen and oxygen atoms in total. The van der Waals surface area contributed by atoms with Gasteiger partial charge in [-0.1, -0.05) is 30.3 Å². The van der Waals surface area contributed by atoms with Crippen molar-refractivity contribution in [1.82, 2.24) is 4.98 Å². The summed E-state index contributed by atoms with van der Waals surface area (Å²) in [5.41, 5.74) is 7.10. The Kier molecular flexibility index (Phi) is 5.09. The van der Waals surface area contributed by atoms with Crippen LogP contribution in [0.25, 0.3) is 11.3 Å². The molecule has 0 spiro atoms. The number of rotatable bonds is 3. The lowest BCUT2D eigenvalue weighted by atomic mass is 10.2. The van der Waals surface area contributed by atoms with Crippen LogP contribution >= 0.6 is 23.7 Å². The zero-order chi connectivity index (χ0) is 11.4. The number of hydrogen-bond donors (Lipinski definition) is 2. The molecule has 0 atom stereocenters. The molecule has 0 unspecified atom stereocenters. The van der Waals surface area contributed by atoms with Gasteiger partial charge in [-0.05, 0) is 0 Å². The van der Waals surface area contributed by atoms with Crippen LogP contribution in [0.15, 0.2) is 35.7 Å². The predicted molar refractivity (Wildman–Crippen MR) is 72.5 cm³/mol. The molecular formula is C11H12ClN3OS. The fourth-order valence-electron chi connectivity index (χ4n) is 1.24. The van der Waals surface area contributed by atoms with Crippen LogP contribution in [0.4, 0.5) is 5.13 Å². The summed E-state index contributed by atoms with van der Waals surface area (Å²) < 4.78 is 0. The molecule has 90 valence electrons. The highest BCUT2D eigenvalue weighted by atomic mass is 35.5. The molecule has 2 rings (SSSR count). The van der Waals surface area contributed by atoms with Crippen LogP contribution < -0.4 is 11.1 Å². The summed E-state index contributed by atoms with van der Waals surface area (Å²) in [6.45, 7) is -0.0275. The highest BCUT2D eigenvalue weighted by Crippen LogP contribution is 2.24. The molecular weight excluding hydrogens is 258 g/mol. The molecule has 17 heavy (non-hydrogen) atoms. The average Bonchev–Trinajstić information content (AvgIpc) is 2.78. The van der Waals surface area contributed by atoms with Gasteiger partial charge in [0.15, 0.2) is 5.13 Å². The van der Waals surface area contributed by atoms with Gasteiger partial charge in [0.25, 0.3) is 0 Å². The fraction of sp³-hybridized carbons (Fsp3) is 0.0909. The third-order valence-electron chi connectivity index (χ3n) is 2.01. The maximum absolute atomic E-state index is 11.1. The van der Waals surface area contributed by atoms with E-state index < -0.39 is 0 Å². The minimum atomic E-state index is -0.228. The molecule has 0 fully saturated rings. The summed E-state index contributed by atoms with van der Waals surface area (Å²) in [7, 11) is 0. The Morgan fingerprint density at radius 1 is 1.35 bits per heavy atom. The van der Waals surface area contributed by atoms with E-state index in [1.54, 1.807) is 0 Å². The predicted octanol–water partition coefficient (Wildman–Crippen LogP) is 2.13. The summed E-state index contributed by atoms with van der Waals surface area (Å²) in [6, 6.07) is 9.81. The quantitative estimate of drug-likeness (QED) is 0.897. The Hall–Kier alpha value is -1.43. The van der Waals surface area contributed by atoms with Gasteiger partial charge in [0.1, 0.15) is 0 Å². The Morgan fingerprint density at radius 2 is 2.06 bits per heavy atom. The normalized spacial score (nSPS) is 9.47. The number of halogens is 1. The van der Waals surface area contributed by atoms with E-state index in [1.807, 2.05) is 35.7 Å². The molecule has 0 bridgehead atoms. The van der Waals surface area contributed by atoms with Crippen molar-refractivity contribution in [3.63, 3.8) is 0 Å². The number of nitrogens with two attached hydrogens (primary N) is 1. The monoisotopic (exact) mass is 269 g/mol. The number of anilines is 1. The Labute approximate surface area is 109 Å². The summed E-state index contributed by atoms with van der Waals surface area (Å²) in [5.74, 6) is -0.228. The highest BCUT2D eigenvalue weighted by molar-refractivity contribution is 7.14. The maximum Gasteiger partial charge on any atom is 0.239 e. The topological polar surface area (TPSA) is 68.0 Å². The summed E-state index contributed by atoms with van der Waals surface area (Å²) in [6.07, 6.45) is 0. The molecule has 0 saturated carbocycles. The van der Waals surface area contributed by atoms with Gasteiger partial charge in [-0.3, -0.25) is 4.79 Å². The van der Waals surface area contributed by atoms with E-state index in [9.17, 15) is 4.79 Å². The number of carbonyl (C=O) groups is 1. The zero-order valence-electron chi connectivity index (χ0n) is 8.92. The van der Waals surface area contributed by atoms with Crippen molar-refractivity contribution in [2.75, 3.05) is 11.9 Å². The van der Waals surface area contributed by atoms with Gasteiger partial charge in [-0.2, -0.15) is 0 Å². The number of benzene rings is 1. The molecule has 0 aliphatic carbocycles. The van der Waals surface area contributed by atoms with Crippen molar-refractivity contribution in [2.24, 2.45) is 5.73 Å². The summed E-state index contributed by atoms with van der Waals surface area (Å²) in [4.78, 5) is 15.4. The largest absolute Gasteiger partial charge is 0.322 e. The lowest BCUT2D eigenvalue weighted by Crippen LogP contribution is -2.21. The number of thiazole rings is 1. The average molecular weight is 270 g/mol. The van der Waals surface area contributed by atoms with Crippen LogP contribution in [0.1, 0.15) is 0 Å². The molecule has 0 saturated heterocycles. The lowest BCUT2D eigenvalue weighted by molar-refractivity contribution is -0.114. The van der Waals surface area contributed by atoms with E-state index in [2.05, 4.69) is 10.3 Å². The summed E-state index contributed by atoms with van der Waals surface area (Å²) in [5, 5.41) is 5.11. The molecule has 0 aliphatic heterocycles. The first-order valence-corrected chi connectivity index (χ1v) is 5.68. The van der Waals surface area contributed by atoms with Gasteiger partial charge in [0, 0.05) is 10.9 Å². The molecule has 1 amide bonds. The molecule has 1 heterocycles. The number of nitrogens with zero attached hydrogens (tertiary/aromatic N) is 1. The van der Waals surface area contributed by atoms with Crippen molar-refractivity contribution in [3.05, 3.63) is 35.7 Å². The van der Waals surface area contributed by atoms with E-state index >= 15 is 0 Å². The van der Waals surface area contributed by atoms with Crippen molar-refractivity contribution in [3.8, 4) is 11.3 Å². The van der Waals surface area contributed by atoms with Crippen LogP contribution in [0, 0.1) is 0 Å². The van der Waals surface area contributed by atoms with E-state index in [-0.39, 0.29) is 24.9 Å². The highest BCUT2D eigenvalue weighted by Gasteiger charge is 2.05. The first-order valence-electron chi connectivity index (χ1n) is 4.80. The van der Waals surface area contributed by atoms with Crippen LogP contribution in [-0.2, 0) is 4.79 Å². The van der Waals surface area contributed by atoms with Crippen molar-refractivity contribution in [2.45, 2.75) is 0 Å². The van der Waals surface area contributed by atoms with Crippen LogP contribution in [0.5, 0.6) is 0 Å². The van der Waals surface area contributed by atoms with Gasteiger partial charge in [-0.25, -0.2) is 4.98 Å². The fourth-order valence-corrected chi connectivity index (χ4v) is 1.98. The third-order valence-corrected chi connectivity index (χ3v) is 2.76. The van der Waals surface area contributed by atoms with E-state index in [0.29, 0.717) is 5.13 Å². The van der Waals surface area contributed by atoms with Crippen LogP contribution in [0.2, 0.25) is 0 Å².